The van der Waals surface area contributed by atoms with Gasteiger partial charge in [-0.3, -0.25) is 4.79 Å². The average molecular weight is 264 g/mol. The van der Waals surface area contributed by atoms with Crippen LogP contribution in [-0.4, -0.2) is 17.7 Å². The Balaban J connectivity index is 2.87. The zero-order chi connectivity index (χ0) is 14.7. The Kier molecular flexibility index (Phi) is 4.75. The van der Waals surface area contributed by atoms with Gasteiger partial charge in [0.25, 0.3) is 0 Å². The molecule has 0 aliphatic rings. The molecule has 0 aliphatic heterocycles. The summed E-state index contributed by atoms with van der Waals surface area (Å²) in [4.78, 5) is 11.5. The van der Waals surface area contributed by atoms with Crippen LogP contribution in [0.3, 0.4) is 0 Å². The molecule has 0 radical (unpaired) electrons. The number of hydrogen-bond donors (Lipinski definition) is 1. The molecule has 0 spiro atoms. The number of ether oxygens (including phenoxy) is 1. The molecule has 1 N–H and O–H groups in total. The normalized spacial score (nSPS) is 14.8. The minimum Gasteiger partial charge on any atom is -0.466 e. The van der Waals surface area contributed by atoms with Crippen molar-refractivity contribution >= 4 is 5.97 Å². The fourth-order valence-electron chi connectivity index (χ4n) is 1.92. The van der Waals surface area contributed by atoms with E-state index >= 15 is 0 Å². The van der Waals surface area contributed by atoms with Crippen molar-refractivity contribution in [3.05, 3.63) is 35.4 Å². The van der Waals surface area contributed by atoms with Crippen molar-refractivity contribution in [1.29, 1.82) is 0 Å². The maximum absolute atomic E-state index is 11.5. The molecule has 0 saturated carbocycles. The Labute approximate surface area is 115 Å². The second-order valence-electron chi connectivity index (χ2n) is 6.08. The molecule has 1 rings (SSSR count). The third-order valence-corrected chi connectivity index (χ3v) is 3.17. The summed E-state index contributed by atoms with van der Waals surface area (Å²) in [5, 5.41) is 10.4. The van der Waals surface area contributed by atoms with E-state index < -0.39 is 5.60 Å². The standard InChI is InChI=1S/C16H24O3/c1-6-19-14(17)11-16(5,18)13-9-7-12(8-10-13)15(2,3)4/h7-10,18H,6,11H2,1-5H3. The van der Waals surface area contributed by atoms with Gasteiger partial charge in [0.15, 0.2) is 0 Å². The van der Waals surface area contributed by atoms with Crippen LogP contribution in [0.1, 0.15) is 52.2 Å². The first-order valence-corrected chi connectivity index (χ1v) is 6.66. The van der Waals surface area contributed by atoms with Crippen LogP contribution in [0.5, 0.6) is 0 Å². The molecule has 3 heteroatoms. The van der Waals surface area contributed by atoms with Gasteiger partial charge in [-0.25, -0.2) is 0 Å². The van der Waals surface area contributed by atoms with Gasteiger partial charge in [0.1, 0.15) is 0 Å². The summed E-state index contributed by atoms with van der Waals surface area (Å²) in [5.41, 5.74) is 0.811. The molecule has 0 heterocycles. The second kappa shape index (κ2) is 5.74. The van der Waals surface area contributed by atoms with Gasteiger partial charge in [0.2, 0.25) is 0 Å². The van der Waals surface area contributed by atoms with Crippen molar-refractivity contribution < 1.29 is 14.6 Å². The van der Waals surface area contributed by atoms with Gasteiger partial charge in [0.05, 0.1) is 18.6 Å². The summed E-state index contributed by atoms with van der Waals surface area (Å²) in [5.74, 6) is -0.382. The van der Waals surface area contributed by atoms with Gasteiger partial charge in [0, 0.05) is 0 Å². The largest absolute Gasteiger partial charge is 0.466 e. The Morgan fingerprint density at radius 3 is 2.00 bits per heavy atom. The third-order valence-electron chi connectivity index (χ3n) is 3.17. The zero-order valence-corrected chi connectivity index (χ0v) is 12.5. The molecule has 0 aromatic heterocycles. The van der Waals surface area contributed by atoms with Gasteiger partial charge < -0.3 is 9.84 Å². The number of benzene rings is 1. The quantitative estimate of drug-likeness (QED) is 0.850. The first kappa shape index (κ1) is 15.7. The molecule has 1 atom stereocenters. The number of hydrogen-bond acceptors (Lipinski definition) is 3. The molecule has 3 nitrogen and oxygen atoms in total. The van der Waals surface area contributed by atoms with Crippen molar-refractivity contribution in [3.8, 4) is 0 Å². The molecule has 0 fully saturated rings. The molecule has 1 aromatic carbocycles. The van der Waals surface area contributed by atoms with Crippen LogP contribution in [0.15, 0.2) is 24.3 Å². The molecule has 0 bridgehead atoms. The molecule has 0 saturated heterocycles. The number of carbonyl (C=O) groups is 1. The Morgan fingerprint density at radius 2 is 1.58 bits per heavy atom. The summed E-state index contributed by atoms with van der Waals surface area (Å²) in [6.07, 6.45) is -0.0320. The summed E-state index contributed by atoms with van der Waals surface area (Å²) in [6, 6.07) is 7.74. The lowest BCUT2D eigenvalue weighted by Gasteiger charge is -2.25. The number of esters is 1. The highest BCUT2D eigenvalue weighted by Gasteiger charge is 2.27. The van der Waals surface area contributed by atoms with Crippen molar-refractivity contribution in [1.82, 2.24) is 0 Å². The first-order chi connectivity index (χ1) is 8.66. The maximum Gasteiger partial charge on any atom is 0.309 e. The lowest BCUT2D eigenvalue weighted by Crippen LogP contribution is -2.26. The van der Waals surface area contributed by atoms with E-state index in [9.17, 15) is 9.90 Å². The van der Waals surface area contributed by atoms with Gasteiger partial charge in [-0.15, -0.1) is 0 Å². The van der Waals surface area contributed by atoms with E-state index in [0.29, 0.717) is 6.61 Å². The van der Waals surface area contributed by atoms with Gasteiger partial charge in [-0.05, 0) is 30.4 Å². The average Bonchev–Trinajstić information content (AvgIpc) is 2.27. The lowest BCUT2D eigenvalue weighted by atomic mass is 9.84. The van der Waals surface area contributed by atoms with Crippen molar-refractivity contribution in [2.24, 2.45) is 0 Å². The topological polar surface area (TPSA) is 46.5 Å². The smallest absolute Gasteiger partial charge is 0.309 e. The van der Waals surface area contributed by atoms with Crippen molar-refractivity contribution in [3.63, 3.8) is 0 Å². The second-order valence-corrected chi connectivity index (χ2v) is 6.08. The molecular weight excluding hydrogens is 240 g/mol. The molecule has 19 heavy (non-hydrogen) atoms. The monoisotopic (exact) mass is 264 g/mol. The van der Waals surface area contributed by atoms with E-state index in [0.717, 1.165) is 5.56 Å². The predicted molar refractivity (Wildman–Crippen MR) is 76.0 cm³/mol. The summed E-state index contributed by atoms with van der Waals surface area (Å²) >= 11 is 0. The van der Waals surface area contributed by atoms with Crippen LogP contribution in [0.4, 0.5) is 0 Å². The van der Waals surface area contributed by atoms with E-state index in [4.69, 9.17) is 4.74 Å². The summed E-state index contributed by atoms with van der Waals surface area (Å²) < 4.78 is 4.88. The van der Waals surface area contributed by atoms with Crippen molar-refractivity contribution in [2.45, 2.75) is 52.1 Å². The van der Waals surface area contributed by atoms with Gasteiger partial charge in [-0.2, -0.15) is 0 Å². The van der Waals surface area contributed by atoms with Crippen LogP contribution >= 0.6 is 0 Å². The molecule has 106 valence electrons. The third kappa shape index (κ3) is 4.35. The molecule has 0 aliphatic carbocycles. The lowest BCUT2D eigenvalue weighted by molar-refractivity contribution is -0.148. The number of aliphatic hydroxyl groups is 1. The van der Waals surface area contributed by atoms with Gasteiger partial charge >= 0.3 is 5.97 Å². The molecule has 1 unspecified atom stereocenters. The Hall–Kier alpha value is -1.35. The summed E-state index contributed by atoms with van der Waals surface area (Å²) in [7, 11) is 0. The van der Waals surface area contributed by atoms with Crippen LogP contribution in [-0.2, 0) is 20.5 Å². The van der Waals surface area contributed by atoms with Crippen LogP contribution in [0.25, 0.3) is 0 Å². The van der Waals surface area contributed by atoms with E-state index in [1.165, 1.54) is 5.56 Å². The molecular formula is C16H24O3. The van der Waals surface area contributed by atoms with E-state index in [-0.39, 0.29) is 17.8 Å². The number of rotatable bonds is 4. The fraction of sp³-hybridized carbons (Fsp3) is 0.562. The van der Waals surface area contributed by atoms with Crippen LogP contribution in [0, 0.1) is 0 Å². The first-order valence-electron chi connectivity index (χ1n) is 6.66. The molecule has 0 amide bonds. The minimum absolute atomic E-state index is 0.0320. The fourth-order valence-corrected chi connectivity index (χ4v) is 1.92. The summed E-state index contributed by atoms with van der Waals surface area (Å²) in [6.45, 7) is 10.1. The van der Waals surface area contributed by atoms with Gasteiger partial charge in [-0.1, -0.05) is 45.0 Å². The highest BCUT2D eigenvalue weighted by Crippen LogP contribution is 2.28. The highest BCUT2D eigenvalue weighted by molar-refractivity contribution is 5.71. The Morgan fingerprint density at radius 1 is 1.11 bits per heavy atom. The Bertz CT molecular complexity index is 424. The highest BCUT2D eigenvalue weighted by atomic mass is 16.5. The van der Waals surface area contributed by atoms with E-state index in [1.807, 2.05) is 24.3 Å². The molecule has 1 aromatic rings. The SMILES string of the molecule is CCOC(=O)CC(C)(O)c1ccc(C(C)(C)C)cc1. The van der Waals surface area contributed by atoms with E-state index in [2.05, 4.69) is 20.8 Å². The predicted octanol–water partition coefficient (Wildman–Crippen LogP) is 3.14. The zero-order valence-electron chi connectivity index (χ0n) is 12.5. The minimum atomic E-state index is -1.19. The van der Waals surface area contributed by atoms with Crippen LogP contribution < -0.4 is 0 Å². The van der Waals surface area contributed by atoms with Crippen molar-refractivity contribution in [2.75, 3.05) is 6.61 Å². The number of carbonyl (C=O) groups excluding carboxylic acids is 1. The van der Waals surface area contributed by atoms with E-state index in [1.54, 1.807) is 13.8 Å². The van der Waals surface area contributed by atoms with Crippen LogP contribution in [0.2, 0.25) is 0 Å². The maximum atomic E-state index is 11.5.